The molecule has 5 heteroatoms. The van der Waals surface area contributed by atoms with E-state index < -0.39 is 0 Å². The Kier molecular flexibility index (Phi) is 3.72. The summed E-state index contributed by atoms with van der Waals surface area (Å²) in [4.78, 5) is 12.2. The van der Waals surface area contributed by atoms with E-state index >= 15 is 0 Å². The van der Waals surface area contributed by atoms with Crippen LogP contribution in [0.5, 0.6) is 0 Å². The molecule has 0 aliphatic rings. The number of rotatable bonds is 4. The van der Waals surface area contributed by atoms with Crippen molar-refractivity contribution in [3.8, 4) is 0 Å². The maximum absolute atomic E-state index is 13.2. The standard InChI is InChI=1S/C12H13FN4/c1-2-15-11(12-16-4-3-5-17-12)9-6-10(13)8-14-7-9/h3-8,11,15H,2H2,1H3. The highest BCUT2D eigenvalue weighted by Gasteiger charge is 2.16. The molecule has 0 amide bonds. The fourth-order valence-electron chi connectivity index (χ4n) is 1.61. The second-order valence-electron chi connectivity index (χ2n) is 3.53. The lowest BCUT2D eigenvalue weighted by Crippen LogP contribution is -2.24. The predicted molar refractivity (Wildman–Crippen MR) is 61.7 cm³/mol. The largest absolute Gasteiger partial charge is 0.304 e. The first-order valence-corrected chi connectivity index (χ1v) is 5.42. The smallest absolute Gasteiger partial charge is 0.149 e. The summed E-state index contributed by atoms with van der Waals surface area (Å²) in [5, 5.41) is 3.21. The molecule has 4 nitrogen and oxygen atoms in total. The molecule has 1 unspecified atom stereocenters. The highest BCUT2D eigenvalue weighted by atomic mass is 19.1. The Balaban J connectivity index is 2.35. The zero-order chi connectivity index (χ0) is 12.1. The molecule has 88 valence electrons. The van der Waals surface area contributed by atoms with Crippen LogP contribution in [0.1, 0.15) is 24.4 Å². The van der Waals surface area contributed by atoms with Gasteiger partial charge in [-0.15, -0.1) is 0 Å². The van der Waals surface area contributed by atoms with Crippen LogP contribution in [0.15, 0.2) is 36.9 Å². The highest BCUT2D eigenvalue weighted by molar-refractivity contribution is 5.21. The molecule has 0 spiro atoms. The van der Waals surface area contributed by atoms with E-state index in [1.165, 1.54) is 12.3 Å². The van der Waals surface area contributed by atoms with Crippen molar-refractivity contribution >= 4 is 0 Å². The minimum atomic E-state index is -0.360. The number of pyridine rings is 1. The highest BCUT2D eigenvalue weighted by Crippen LogP contribution is 2.17. The predicted octanol–water partition coefficient (Wildman–Crippen LogP) is 1.71. The van der Waals surface area contributed by atoms with Crippen LogP contribution in [0.25, 0.3) is 0 Å². The van der Waals surface area contributed by atoms with Crippen LogP contribution in [0.4, 0.5) is 4.39 Å². The number of hydrogen-bond donors (Lipinski definition) is 1. The van der Waals surface area contributed by atoms with Crippen molar-refractivity contribution in [2.75, 3.05) is 6.54 Å². The Morgan fingerprint density at radius 1 is 1.29 bits per heavy atom. The zero-order valence-electron chi connectivity index (χ0n) is 9.47. The van der Waals surface area contributed by atoms with Crippen molar-refractivity contribution in [3.05, 3.63) is 54.1 Å². The molecule has 0 aromatic carbocycles. The average Bonchev–Trinajstić information content (AvgIpc) is 2.37. The molecule has 2 rings (SSSR count). The van der Waals surface area contributed by atoms with E-state index in [1.807, 2.05) is 6.92 Å². The second-order valence-corrected chi connectivity index (χ2v) is 3.53. The van der Waals surface area contributed by atoms with Crippen molar-refractivity contribution in [2.24, 2.45) is 0 Å². The third-order valence-electron chi connectivity index (χ3n) is 2.31. The summed E-state index contributed by atoms with van der Waals surface area (Å²) < 4.78 is 13.2. The van der Waals surface area contributed by atoms with Crippen LogP contribution < -0.4 is 5.32 Å². The van der Waals surface area contributed by atoms with Gasteiger partial charge in [0.25, 0.3) is 0 Å². The second kappa shape index (κ2) is 5.45. The molecule has 17 heavy (non-hydrogen) atoms. The number of nitrogens with one attached hydrogen (secondary N) is 1. The van der Waals surface area contributed by atoms with Crippen LogP contribution in [0.3, 0.4) is 0 Å². The lowest BCUT2D eigenvalue weighted by molar-refractivity contribution is 0.578. The van der Waals surface area contributed by atoms with E-state index in [0.717, 1.165) is 12.1 Å². The lowest BCUT2D eigenvalue weighted by Gasteiger charge is -2.16. The van der Waals surface area contributed by atoms with Crippen molar-refractivity contribution in [1.82, 2.24) is 20.3 Å². The topological polar surface area (TPSA) is 50.7 Å². The molecule has 0 aliphatic carbocycles. The maximum atomic E-state index is 13.2. The van der Waals surface area contributed by atoms with E-state index in [9.17, 15) is 4.39 Å². The van der Waals surface area contributed by atoms with Crippen molar-refractivity contribution in [2.45, 2.75) is 13.0 Å². The van der Waals surface area contributed by atoms with Gasteiger partial charge in [-0.3, -0.25) is 4.98 Å². The lowest BCUT2D eigenvalue weighted by atomic mass is 10.1. The van der Waals surface area contributed by atoms with Gasteiger partial charge < -0.3 is 5.32 Å². The van der Waals surface area contributed by atoms with Crippen molar-refractivity contribution in [1.29, 1.82) is 0 Å². The van der Waals surface area contributed by atoms with E-state index in [2.05, 4.69) is 20.3 Å². The van der Waals surface area contributed by atoms with Gasteiger partial charge in [-0.2, -0.15) is 0 Å². The molecule has 0 fully saturated rings. The van der Waals surface area contributed by atoms with Gasteiger partial charge in [0.15, 0.2) is 0 Å². The summed E-state index contributed by atoms with van der Waals surface area (Å²) in [6, 6.07) is 2.96. The van der Waals surface area contributed by atoms with E-state index in [-0.39, 0.29) is 11.9 Å². The molecule has 0 saturated carbocycles. The number of halogens is 1. The molecule has 0 radical (unpaired) electrons. The summed E-state index contributed by atoms with van der Waals surface area (Å²) in [5.41, 5.74) is 0.720. The van der Waals surface area contributed by atoms with Gasteiger partial charge >= 0.3 is 0 Å². The molecule has 1 N–H and O–H groups in total. The van der Waals surface area contributed by atoms with Gasteiger partial charge in [0.2, 0.25) is 0 Å². The molecule has 0 saturated heterocycles. The summed E-state index contributed by atoms with van der Waals surface area (Å²) in [7, 11) is 0. The fourth-order valence-corrected chi connectivity index (χ4v) is 1.61. The first-order chi connectivity index (χ1) is 8.31. The molecular formula is C12H13FN4. The van der Waals surface area contributed by atoms with Gasteiger partial charge in [-0.05, 0) is 24.2 Å². The Morgan fingerprint density at radius 2 is 2.06 bits per heavy atom. The number of hydrogen-bond acceptors (Lipinski definition) is 4. The van der Waals surface area contributed by atoms with E-state index in [0.29, 0.717) is 5.82 Å². The minimum absolute atomic E-state index is 0.232. The minimum Gasteiger partial charge on any atom is -0.304 e. The van der Waals surface area contributed by atoms with Crippen LogP contribution in [0, 0.1) is 5.82 Å². The van der Waals surface area contributed by atoms with Gasteiger partial charge in [0, 0.05) is 18.6 Å². The van der Waals surface area contributed by atoms with Gasteiger partial charge in [-0.1, -0.05) is 6.92 Å². The van der Waals surface area contributed by atoms with Crippen LogP contribution >= 0.6 is 0 Å². The van der Waals surface area contributed by atoms with Crippen molar-refractivity contribution < 1.29 is 4.39 Å². The Morgan fingerprint density at radius 3 is 2.71 bits per heavy atom. The first-order valence-electron chi connectivity index (χ1n) is 5.42. The Hall–Kier alpha value is -1.88. The zero-order valence-corrected chi connectivity index (χ0v) is 9.47. The molecule has 1 atom stereocenters. The molecule has 2 heterocycles. The molecule has 2 aromatic heterocycles. The fraction of sp³-hybridized carbons (Fsp3) is 0.250. The molecule has 0 bridgehead atoms. The van der Waals surface area contributed by atoms with Crippen LogP contribution in [-0.2, 0) is 0 Å². The monoisotopic (exact) mass is 232 g/mol. The Bertz CT molecular complexity index is 475. The van der Waals surface area contributed by atoms with Crippen molar-refractivity contribution in [3.63, 3.8) is 0 Å². The summed E-state index contributed by atoms with van der Waals surface area (Å²) >= 11 is 0. The summed E-state index contributed by atoms with van der Waals surface area (Å²) in [6.45, 7) is 2.71. The SMILES string of the molecule is CCNC(c1cncc(F)c1)c1ncccn1. The van der Waals surface area contributed by atoms with Crippen LogP contribution in [0.2, 0.25) is 0 Å². The van der Waals surface area contributed by atoms with E-state index in [1.54, 1.807) is 24.7 Å². The van der Waals surface area contributed by atoms with E-state index in [4.69, 9.17) is 0 Å². The summed E-state index contributed by atoms with van der Waals surface area (Å²) in [6.07, 6.45) is 6.13. The quantitative estimate of drug-likeness (QED) is 0.871. The molecule has 2 aromatic rings. The molecular weight excluding hydrogens is 219 g/mol. The number of nitrogens with zero attached hydrogens (tertiary/aromatic N) is 3. The number of aromatic nitrogens is 3. The normalized spacial score (nSPS) is 12.4. The first kappa shape index (κ1) is 11.6. The maximum Gasteiger partial charge on any atom is 0.149 e. The Labute approximate surface area is 99.0 Å². The average molecular weight is 232 g/mol. The summed E-state index contributed by atoms with van der Waals surface area (Å²) in [5.74, 6) is 0.253. The third kappa shape index (κ3) is 2.82. The van der Waals surface area contributed by atoms with Gasteiger partial charge in [0.05, 0.1) is 12.2 Å². The molecule has 0 aliphatic heterocycles. The third-order valence-corrected chi connectivity index (χ3v) is 2.31. The van der Waals surface area contributed by atoms with Gasteiger partial charge in [0.1, 0.15) is 11.6 Å². The van der Waals surface area contributed by atoms with Gasteiger partial charge in [-0.25, -0.2) is 14.4 Å². The van der Waals surface area contributed by atoms with Crippen LogP contribution in [-0.4, -0.2) is 21.5 Å².